The van der Waals surface area contributed by atoms with Gasteiger partial charge in [0.2, 0.25) is 5.91 Å². The van der Waals surface area contributed by atoms with E-state index < -0.39 is 12.0 Å². The zero-order valence-electron chi connectivity index (χ0n) is 10.2. The molecule has 4 N–H and O–H groups in total. The monoisotopic (exact) mass is 230 g/mol. The quantitative estimate of drug-likeness (QED) is 0.596. The van der Waals surface area contributed by atoms with Gasteiger partial charge < -0.3 is 16.2 Å². The number of aliphatic carboxylic acids is 1. The van der Waals surface area contributed by atoms with E-state index in [0.717, 1.165) is 0 Å². The summed E-state index contributed by atoms with van der Waals surface area (Å²) in [7, 11) is 0. The minimum Gasteiger partial charge on any atom is -0.480 e. The minimum absolute atomic E-state index is 0.228. The van der Waals surface area contributed by atoms with Crippen LogP contribution >= 0.6 is 0 Å². The van der Waals surface area contributed by atoms with Gasteiger partial charge in [0.15, 0.2) is 0 Å². The standard InChI is InChI=1S/C11H22N2O3/c1-7(2)6-9(11(15)16)13-10(14)8(3)4-5-12/h7-9H,4-6,12H2,1-3H3,(H,13,14)(H,15,16)/t8?,9-/m1/s1. The summed E-state index contributed by atoms with van der Waals surface area (Å²) in [6.45, 7) is 6.02. The molecule has 0 aromatic carbocycles. The van der Waals surface area contributed by atoms with Crippen LogP contribution in [0.4, 0.5) is 0 Å². The summed E-state index contributed by atoms with van der Waals surface area (Å²) in [5.74, 6) is -1.23. The molecular formula is C11H22N2O3. The number of carbonyl (C=O) groups is 2. The Bertz CT molecular complexity index is 241. The second-order valence-electron chi connectivity index (χ2n) is 4.51. The smallest absolute Gasteiger partial charge is 0.326 e. The van der Waals surface area contributed by atoms with E-state index >= 15 is 0 Å². The maximum absolute atomic E-state index is 11.6. The van der Waals surface area contributed by atoms with Gasteiger partial charge in [-0.1, -0.05) is 20.8 Å². The summed E-state index contributed by atoms with van der Waals surface area (Å²) >= 11 is 0. The highest BCUT2D eigenvalue weighted by molar-refractivity contribution is 5.84. The number of nitrogens with two attached hydrogens (primary N) is 1. The molecule has 2 atom stereocenters. The van der Waals surface area contributed by atoms with E-state index in [2.05, 4.69) is 5.32 Å². The average Bonchev–Trinajstić information content (AvgIpc) is 2.16. The molecule has 0 radical (unpaired) electrons. The van der Waals surface area contributed by atoms with Crippen LogP contribution in [0, 0.1) is 11.8 Å². The first kappa shape index (κ1) is 14.9. The van der Waals surface area contributed by atoms with Crippen LogP contribution in [0.3, 0.4) is 0 Å². The van der Waals surface area contributed by atoms with E-state index in [1.165, 1.54) is 0 Å². The van der Waals surface area contributed by atoms with Crippen LogP contribution in [0.2, 0.25) is 0 Å². The van der Waals surface area contributed by atoms with E-state index in [1.54, 1.807) is 6.92 Å². The number of carbonyl (C=O) groups excluding carboxylic acids is 1. The van der Waals surface area contributed by atoms with Crippen LogP contribution < -0.4 is 11.1 Å². The van der Waals surface area contributed by atoms with Crippen LogP contribution in [0.1, 0.15) is 33.6 Å². The fourth-order valence-corrected chi connectivity index (χ4v) is 1.39. The Hall–Kier alpha value is -1.10. The topological polar surface area (TPSA) is 92.4 Å². The lowest BCUT2D eigenvalue weighted by atomic mass is 10.0. The fourth-order valence-electron chi connectivity index (χ4n) is 1.39. The van der Waals surface area contributed by atoms with Gasteiger partial charge in [0, 0.05) is 5.92 Å². The van der Waals surface area contributed by atoms with Gasteiger partial charge in [0.1, 0.15) is 6.04 Å². The third-order valence-corrected chi connectivity index (χ3v) is 2.37. The molecule has 0 heterocycles. The summed E-state index contributed by atoms with van der Waals surface area (Å²) < 4.78 is 0. The second-order valence-corrected chi connectivity index (χ2v) is 4.51. The van der Waals surface area contributed by atoms with Gasteiger partial charge in [-0.3, -0.25) is 4.79 Å². The Labute approximate surface area is 96.4 Å². The molecule has 5 nitrogen and oxygen atoms in total. The summed E-state index contributed by atoms with van der Waals surface area (Å²) in [6.07, 6.45) is 1.01. The molecule has 5 heteroatoms. The van der Waals surface area contributed by atoms with Gasteiger partial charge in [0.05, 0.1) is 0 Å². The van der Waals surface area contributed by atoms with Crippen molar-refractivity contribution in [2.45, 2.75) is 39.7 Å². The molecule has 1 amide bonds. The van der Waals surface area contributed by atoms with Gasteiger partial charge in [0.25, 0.3) is 0 Å². The predicted molar refractivity (Wildman–Crippen MR) is 61.9 cm³/mol. The molecule has 0 aliphatic carbocycles. The zero-order chi connectivity index (χ0) is 12.7. The number of amides is 1. The van der Waals surface area contributed by atoms with Gasteiger partial charge in [-0.05, 0) is 25.3 Å². The predicted octanol–water partition coefficient (Wildman–Crippen LogP) is 0.587. The van der Waals surface area contributed by atoms with Gasteiger partial charge in [-0.25, -0.2) is 4.79 Å². The number of carboxylic acids is 1. The van der Waals surface area contributed by atoms with Crippen molar-refractivity contribution in [1.29, 1.82) is 0 Å². The number of nitrogens with one attached hydrogen (secondary N) is 1. The molecule has 16 heavy (non-hydrogen) atoms. The van der Waals surface area contributed by atoms with E-state index in [4.69, 9.17) is 10.8 Å². The normalized spacial score (nSPS) is 14.6. The largest absolute Gasteiger partial charge is 0.480 e. The van der Waals surface area contributed by atoms with E-state index in [-0.39, 0.29) is 17.7 Å². The fraction of sp³-hybridized carbons (Fsp3) is 0.818. The van der Waals surface area contributed by atoms with Gasteiger partial charge >= 0.3 is 5.97 Å². The maximum atomic E-state index is 11.6. The summed E-state index contributed by atoms with van der Waals surface area (Å²) in [6, 6.07) is -0.798. The van der Waals surface area contributed by atoms with Crippen LogP contribution in [0.5, 0.6) is 0 Å². The van der Waals surface area contributed by atoms with Crippen LogP contribution in [0.15, 0.2) is 0 Å². The Morgan fingerprint density at radius 3 is 2.25 bits per heavy atom. The molecule has 0 aliphatic heterocycles. The average molecular weight is 230 g/mol. The molecule has 0 aliphatic rings. The lowest BCUT2D eigenvalue weighted by molar-refractivity contribution is -0.142. The Balaban J connectivity index is 4.28. The molecule has 0 spiro atoms. The molecule has 0 fully saturated rings. The first-order valence-corrected chi connectivity index (χ1v) is 5.61. The molecular weight excluding hydrogens is 208 g/mol. The van der Waals surface area contributed by atoms with Crippen molar-refractivity contribution in [1.82, 2.24) is 5.32 Å². The van der Waals surface area contributed by atoms with Crippen LogP contribution in [0.25, 0.3) is 0 Å². The molecule has 0 bridgehead atoms. The molecule has 94 valence electrons. The first-order valence-electron chi connectivity index (χ1n) is 5.61. The maximum Gasteiger partial charge on any atom is 0.326 e. The van der Waals surface area contributed by atoms with Crippen LogP contribution in [-0.4, -0.2) is 29.6 Å². The van der Waals surface area contributed by atoms with Crippen molar-refractivity contribution in [2.24, 2.45) is 17.6 Å². The van der Waals surface area contributed by atoms with E-state index in [9.17, 15) is 9.59 Å². The molecule has 0 saturated carbocycles. The molecule has 0 aromatic rings. The van der Waals surface area contributed by atoms with Crippen molar-refractivity contribution in [3.8, 4) is 0 Å². The molecule has 0 saturated heterocycles. The van der Waals surface area contributed by atoms with Gasteiger partial charge in [-0.15, -0.1) is 0 Å². The van der Waals surface area contributed by atoms with E-state index in [0.29, 0.717) is 19.4 Å². The van der Waals surface area contributed by atoms with E-state index in [1.807, 2.05) is 13.8 Å². The van der Waals surface area contributed by atoms with Crippen LogP contribution in [-0.2, 0) is 9.59 Å². The minimum atomic E-state index is -0.984. The molecule has 0 aromatic heterocycles. The van der Waals surface area contributed by atoms with Crippen molar-refractivity contribution < 1.29 is 14.7 Å². The summed E-state index contributed by atoms with van der Waals surface area (Å²) in [4.78, 5) is 22.5. The second kappa shape index (κ2) is 7.22. The third-order valence-electron chi connectivity index (χ3n) is 2.37. The number of hydrogen-bond donors (Lipinski definition) is 3. The van der Waals surface area contributed by atoms with Crippen molar-refractivity contribution in [3.05, 3.63) is 0 Å². The number of rotatable bonds is 7. The van der Waals surface area contributed by atoms with Crippen molar-refractivity contribution >= 4 is 11.9 Å². The Kier molecular flexibility index (Phi) is 6.72. The molecule has 0 rings (SSSR count). The Morgan fingerprint density at radius 2 is 1.88 bits per heavy atom. The summed E-state index contributed by atoms with van der Waals surface area (Å²) in [5.41, 5.74) is 5.34. The first-order chi connectivity index (χ1) is 7.38. The highest BCUT2D eigenvalue weighted by Crippen LogP contribution is 2.07. The van der Waals surface area contributed by atoms with Crippen molar-refractivity contribution in [3.63, 3.8) is 0 Å². The Morgan fingerprint density at radius 1 is 1.31 bits per heavy atom. The van der Waals surface area contributed by atoms with Crippen molar-refractivity contribution in [2.75, 3.05) is 6.54 Å². The molecule has 1 unspecified atom stereocenters. The highest BCUT2D eigenvalue weighted by Gasteiger charge is 2.23. The lowest BCUT2D eigenvalue weighted by Crippen LogP contribution is -2.44. The van der Waals surface area contributed by atoms with Gasteiger partial charge in [-0.2, -0.15) is 0 Å². The zero-order valence-corrected chi connectivity index (χ0v) is 10.2. The highest BCUT2D eigenvalue weighted by atomic mass is 16.4. The number of carboxylic acid groups (broad SMARTS) is 1. The lowest BCUT2D eigenvalue weighted by Gasteiger charge is -2.18. The number of hydrogen-bond acceptors (Lipinski definition) is 3. The summed E-state index contributed by atoms with van der Waals surface area (Å²) in [5, 5.41) is 11.5. The SMILES string of the molecule is CC(C)C[C@@H](NC(=O)C(C)CCN)C(=O)O. The third kappa shape index (κ3) is 5.70.